The number of rotatable bonds is 9. The van der Waals surface area contributed by atoms with Crippen molar-refractivity contribution in [1.29, 1.82) is 0 Å². The second kappa shape index (κ2) is 11.2. The maximum atomic E-state index is 6.40. The molecule has 2 rings (SSSR count). The first-order valence-corrected chi connectivity index (χ1v) is 12.1. The van der Waals surface area contributed by atoms with Crippen LogP contribution in [-0.4, -0.2) is 20.1 Å². The van der Waals surface area contributed by atoms with E-state index in [1.807, 2.05) is 0 Å². The molecule has 158 valence electrons. The third kappa shape index (κ3) is 7.07. The molecule has 0 amide bonds. The van der Waals surface area contributed by atoms with Crippen molar-refractivity contribution in [3.8, 4) is 0 Å². The molecule has 0 heterocycles. The van der Waals surface area contributed by atoms with Gasteiger partial charge in [-0.15, -0.1) is 0 Å². The Kier molecular flexibility index (Phi) is 9.69. The zero-order valence-electron chi connectivity index (χ0n) is 19.3. The minimum atomic E-state index is 0.418. The fourth-order valence-corrected chi connectivity index (χ4v) is 6.48. The summed E-state index contributed by atoms with van der Waals surface area (Å²) in [6.45, 7) is 16.4. The van der Waals surface area contributed by atoms with Gasteiger partial charge in [-0.1, -0.05) is 54.4 Å². The lowest BCUT2D eigenvalue weighted by Gasteiger charge is -2.41. The van der Waals surface area contributed by atoms with Crippen LogP contribution in [0.15, 0.2) is 0 Å². The van der Waals surface area contributed by atoms with Gasteiger partial charge in [0, 0.05) is 13.2 Å². The standard InChI is InChI=1S/C24H48BNO/c1-17(2)23-9-7-19(5)13-21(23)15-25(27-12-11-26)16-22-14-20(6)8-10-24(22)18(3)4/h17-24H,7-16,26H2,1-6H3/t19-,20-,21-,22-,23+,24+/m1/s1. The Labute approximate surface area is 170 Å². The molecule has 0 radical (unpaired) electrons. The molecule has 0 spiro atoms. The lowest BCUT2D eigenvalue weighted by Crippen LogP contribution is -2.37. The second-order valence-corrected chi connectivity index (χ2v) is 10.9. The summed E-state index contributed by atoms with van der Waals surface area (Å²) in [4.78, 5) is 0. The van der Waals surface area contributed by atoms with Crippen molar-refractivity contribution in [2.75, 3.05) is 13.2 Å². The van der Waals surface area contributed by atoms with Crippen LogP contribution in [0.25, 0.3) is 0 Å². The smallest absolute Gasteiger partial charge is 0.293 e. The van der Waals surface area contributed by atoms with Crippen molar-refractivity contribution in [3.63, 3.8) is 0 Å². The van der Waals surface area contributed by atoms with Crippen molar-refractivity contribution < 1.29 is 4.65 Å². The van der Waals surface area contributed by atoms with Gasteiger partial charge in [-0.3, -0.25) is 0 Å². The number of hydrogen-bond acceptors (Lipinski definition) is 2. The molecular formula is C24H48BNO. The molecule has 0 aromatic rings. The highest BCUT2D eigenvalue weighted by atomic mass is 16.4. The van der Waals surface area contributed by atoms with Crippen molar-refractivity contribution in [2.45, 2.75) is 92.7 Å². The summed E-state index contributed by atoms with van der Waals surface area (Å²) in [5, 5.41) is 0. The fourth-order valence-electron chi connectivity index (χ4n) is 6.48. The van der Waals surface area contributed by atoms with E-state index in [4.69, 9.17) is 10.4 Å². The summed E-state index contributed by atoms with van der Waals surface area (Å²) in [7, 11) is 0. The second-order valence-electron chi connectivity index (χ2n) is 10.9. The van der Waals surface area contributed by atoms with Crippen LogP contribution in [0.5, 0.6) is 0 Å². The first-order chi connectivity index (χ1) is 12.8. The molecule has 2 fully saturated rings. The molecule has 2 aliphatic carbocycles. The average molecular weight is 377 g/mol. The molecule has 0 aromatic carbocycles. The normalized spacial score (nSPS) is 35.0. The van der Waals surface area contributed by atoms with Gasteiger partial charge < -0.3 is 10.4 Å². The van der Waals surface area contributed by atoms with Gasteiger partial charge in [0.2, 0.25) is 0 Å². The molecular weight excluding hydrogens is 329 g/mol. The third-order valence-corrected chi connectivity index (χ3v) is 7.92. The van der Waals surface area contributed by atoms with E-state index in [1.165, 1.54) is 51.2 Å². The maximum Gasteiger partial charge on any atom is 0.293 e. The van der Waals surface area contributed by atoms with Gasteiger partial charge in [-0.05, 0) is 85.7 Å². The van der Waals surface area contributed by atoms with Gasteiger partial charge in [0.15, 0.2) is 0 Å². The molecule has 3 heteroatoms. The molecule has 2 saturated carbocycles. The third-order valence-electron chi connectivity index (χ3n) is 7.92. The first-order valence-electron chi connectivity index (χ1n) is 12.1. The van der Waals surface area contributed by atoms with Crippen molar-refractivity contribution in [1.82, 2.24) is 0 Å². The predicted molar refractivity (Wildman–Crippen MR) is 120 cm³/mol. The molecule has 6 atom stereocenters. The summed E-state index contributed by atoms with van der Waals surface area (Å²) in [5.41, 5.74) is 5.81. The summed E-state index contributed by atoms with van der Waals surface area (Å²) in [6.07, 6.45) is 11.0. The summed E-state index contributed by atoms with van der Waals surface area (Å²) in [5.74, 6) is 6.83. The van der Waals surface area contributed by atoms with Crippen LogP contribution >= 0.6 is 0 Å². The van der Waals surface area contributed by atoms with Crippen LogP contribution in [0.1, 0.15) is 80.1 Å². The van der Waals surface area contributed by atoms with Crippen LogP contribution in [0, 0.1) is 47.3 Å². The van der Waals surface area contributed by atoms with Crippen LogP contribution in [0.3, 0.4) is 0 Å². The summed E-state index contributed by atoms with van der Waals surface area (Å²) < 4.78 is 6.40. The van der Waals surface area contributed by atoms with Crippen molar-refractivity contribution in [2.24, 2.45) is 53.1 Å². The number of nitrogens with two attached hydrogens (primary N) is 1. The highest BCUT2D eigenvalue weighted by Gasteiger charge is 2.37. The lowest BCUT2D eigenvalue weighted by atomic mass is 9.48. The monoisotopic (exact) mass is 377 g/mol. The molecule has 0 unspecified atom stereocenters. The lowest BCUT2D eigenvalue weighted by molar-refractivity contribution is 0.143. The van der Waals surface area contributed by atoms with Crippen LogP contribution < -0.4 is 5.73 Å². The van der Waals surface area contributed by atoms with Gasteiger partial charge in [-0.25, -0.2) is 0 Å². The van der Waals surface area contributed by atoms with Crippen molar-refractivity contribution in [3.05, 3.63) is 0 Å². The van der Waals surface area contributed by atoms with E-state index < -0.39 is 0 Å². The molecule has 0 bridgehead atoms. The molecule has 0 saturated heterocycles. The van der Waals surface area contributed by atoms with E-state index in [2.05, 4.69) is 41.5 Å². The summed E-state index contributed by atoms with van der Waals surface area (Å²) in [6, 6.07) is 0. The quantitative estimate of drug-likeness (QED) is 0.474. The Balaban J connectivity index is 2.06. The van der Waals surface area contributed by atoms with Gasteiger partial charge in [0.25, 0.3) is 6.92 Å². The van der Waals surface area contributed by atoms with Gasteiger partial charge in [-0.2, -0.15) is 0 Å². The highest BCUT2D eigenvalue weighted by Crippen LogP contribution is 2.44. The van der Waals surface area contributed by atoms with E-state index in [-0.39, 0.29) is 0 Å². The fraction of sp³-hybridized carbons (Fsp3) is 1.00. The average Bonchev–Trinajstić information content (AvgIpc) is 2.59. The van der Waals surface area contributed by atoms with E-state index >= 15 is 0 Å². The van der Waals surface area contributed by atoms with Gasteiger partial charge >= 0.3 is 0 Å². The van der Waals surface area contributed by atoms with Crippen LogP contribution in [0.2, 0.25) is 12.6 Å². The SMILES string of the molecule is CC(C)[C@@H]1CC[C@@H](C)C[C@@H]1CB(C[C@H]1C[C@H](C)CC[C@H]1C(C)C)OCCN. The Morgan fingerprint density at radius 3 is 1.63 bits per heavy atom. The largest absolute Gasteiger partial charge is 0.435 e. The molecule has 2 nitrogen and oxygen atoms in total. The minimum Gasteiger partial charge on any atom is -0.435 e. The summed E-state index contributed by atoms with van der Waals surface area (Å²) >= 11 is 0. The van der Waals surface area contributed by atoms with Gasteiger partial charge in [0.05, 0.1) is 0 Å². The molecule has 2 aliphatic rings. The van der Waals surface area contributed by atoms with E-state index in [0.717, 1.165) is 54.0 Å². The maximum absolute atomic E-state index is 6.40. The zero-order valence-corrected chi connectivity index (χ0v) is 19.3. The molecule has 0 aliphatic heterocycles. The topological polar surface area (TPSA) is 35.2 Å². The van der Waals surface area contributed by atoms with Crippen molar-refractivity contribution >= 4 is 6.92 Å². The van der Waals surface area contributed by atoms with E-state index in [9.17, 15) is 0 Å². The molecule has 0 aromatic heterocycles. The van der Waals surface area contributed by atoms with E-state index in [0.29, 0.717) is 13.5 Å². The minimum absolute atomic E-state index is 0.418. The van der Waals surface area contributed by atoms with Gasteiger partial charge in [0.1, 0.15) is 0 Å². The first kappa shape index (κ1) is 23.3. The molecule has 27 heavy (non-hydrogen) atoms. The Morgan fingerprint density at radius 1 is 0.815 bits per heavy atom. The number of hydrogen-bond donors (Lipinski definition) is 1. The zero-order chi connectivity index (χ0) is 20.0. The van der Waals surface area contributed by atoms with E-state index in [1.54, 1.807) is 0 Å². The molecule has 2 N–H and O–H groups in total. The van der Waals surface area contributed by atoms with Crippen LogP contribution in [0.4, 0.5) is 0 Å². The highest BCUT2D eigenvalue weighted by molar-refractivity contribution is 6.52. The predicted octanol–water partition coefficient (Wildman–Crippen LogP) is 6.37. The Morgan fingerprint density at radius 2 is 1.26 bits per heavy atom. The Bertz CT molecular complexity index is 379. The Hall–Kier alpha value is -0.0151. The van der Waals surface area contributed by atoms with Crippen LogP contribution in [-0.2, 0) is 4.65 Å².